The monoisotopic (exact) mass is 527 g/mol. The molecule has 0 radical (unpaired) electrons. The average molecular weight is 528 g/mol. The zero-order valence-electron chi connectivity index (χ0n) is 19.9. The lowest BCUT2D eigenvalue weighted by molar-refractivity contribution is -0.113. The third kappa shape index (κ3) is 4.93. The molecule has 4 aromatic rings. The average Bonchev–Trinajstić information content (AvgIpc) is 2.88. The maximum Gasteiger partial charge on any atom is 0.332 e. The molecule has 0 aliphatic rings. The second-order valence-electron chi connectivity index (χ2n) is 7.67. The summed E-state index contributed by atoms with van der Waals surface area (Å²) in [6.07, 6.45) is 0. The molecule has 2 heterocycles. The molecule has 36 heavy (non-hydrogen) atoms. The molecule has 0 saturated heterocycles. The van der Waals surface area contributed by atoms with Crippen molar-refractivity contribution in [2.75, 3.05) is 25.3 Å². The molecule has 0 saturated carbocycles. The Morgan fingerprint density at radius 1 is 1.03 bits per heavy atom. The highest BCUT2D eigenvalue weighted by Gasteiger charge is 2.20. The second kappa shape index (κ2) is 10.4. The van der Waals surface area contributed by atoms with E-state index in [9.17, 15) is 14.4 Å². The zero-order chi connectivity index (χ0) is 26.0. The minimum absolute atomic E-state index is 0.0456. The number of rotatable bonds is 7. The van der Waals surface area contributed by atoms with E-state index < -0.39 is 11.2 Å². The molecule has 0 fully saturated rings. The molecule has 0 bridgehead atoms. The number of aryl methyl sites for hydroxylation is 1. The summed E-state index contributed by atoms with van der Waals surface area (Å²) in [5.74, 6) is 0.880. The Kier molecular flexibility index (Phi) is 7.32. The summed E-state index contributed by atoms with van der Waals surface area (Å²) in [6, 6.07) is 11.9. The van der Waals surface area contributed by atoms with E-state index in [1.54, 1.807) is 42.5 Å². The standard InChI is InChI=1S/C24H22ClN5O5S/c1-29-21-19(23(32)30(2)24(29)33)22(36-12-18(31)26-15-7-5-6-14(25)11-15)28-20(27-21)13-8-9-16(34-3)17(10-13)35-4/h5-11H,12H2,1-4H3,(H,26,31). The summed E-state index contributed by atoms with van der Waals surface area (Å²) < 4.78 is 12.9. The van der Waals surface area contributed by atoms with Crippen LogP contribution in [0.25, 0.3) is 22.4 Å². The Bertz CT molecular complexity index is 1600. The number of hydrogen-bond donors (Lipinski definition) is 1. The van der Waals surface area contributed by atoms with Gasteiger partial charge in [0.05, 0.1) is 20.0 Å². The molecule has 186 valence electrons. The third-order valence-corrected chi connectivity index (χ3v) is 6.57. The summed E-state index contributed by atoms with van der Waals surface area (Å²) in [7, 11) is 5.94. The summed E-state index contributed by atoms with van der Waals surface area (Å²) in [6.45, 7) is 0. The van der Waals surface area contributed by atoms with Crippen molar-refractivity contribution in [3.05, 3.63) is 68.3 Å². The van der Waals surface area contributed by atoms with Gasteiger partial charge in [-0.1, -0.05) is 29.4 Å². The van der Waals surface area contributed by atoms with Crippen molar-refractivity contribution >= 4 is 46.0 Å². The predicted octanol–water partition coefficient (Wildman–Crippen LogP) is 3.10. The van der Waals surface area contributed by atoms with Crippen LogP contribution in [0.5, 0.6) is 11.5 Å². The van der Waals surface area contributed by atoms with Crippen molar-refractivity contribution in [3.8, 4) is 22.9 Å². The fourth-order valence-electron chi connectivity index (χ4n) is 3.54. The number of aromatic nitrogens is 4. The van der Waals surface area contributed by atoms with Gasteiger partial charge in [-0.25, -0.2) is 14.8 Å². The van der Waals surface area contributed by atoms with Gasteiger partial charge in [0, 0.05) is 30.4 Å². The molecule has 1 amide bonds. The Labute approximate surface area is 214 Å². The van der Waals surface area contributed by atoms with Crippen LogP contribution in [0, 0.1) is 0 Å². The minimum atomic E-state index is -0.551. The van der Waals surface area contributed by atoms with E-state index in [-0.39, 0.29) is 33.5 Å². The van der Waals surface area contributed by atoms with Crippen LogP contribution < -0.4 is 26.0 Å². The van der Waals surface area contributed by atoms with Gasteiger partial charge in [0.2, 0.25) is 5.91 Å². The van der Waals surface area contributed by atoms with Crippen LogP contribution in [0.15, 0.2) is 57.1 Å². The highest BCUT2D eigenvalue weighted by atomic mass is 35.5. The van der Waals surface area contributed by atoms with Crippen LogP contribution in [-0.2, 0) is 18.9 Å². The first kappa shape index (κ1) is 25.3. The number of halogens is 1. The number of nitrogens with zero attached hydrogens (tertiary/aromatic N) is 4. The van der Waals surface area contributed by atoms with Gasteiger partial charge >= 0.3 is 5.69 Å². The van der Waals surface area contributed by atoms with Crippen LogP contribution in [-0.4, -0.2) is 45.0 Å². The topological polar surface area (TPSA) is 117 Å². The van der Waals surface area contributed by atoms with E-state index in [1.807, 2.05) is 0 Å². The van der Waals surface area contributed by atoms with Crippen molar-refractivity contribution in [2.24, 2.45) is 14.1 Å². The Morgan fingerprint density at radius 2 is 1.78 bits per heavy atom. The normalized spacial score (nSPS) is 10.9. The minimum Gasteiger partial charge on any atom is -0.493 e. The fraction of sp³-hybridized carbons (Fsp3) is 0.208. The summed E-state index contributed by atoms with van der Waals surface area (Å²) >= 11 is 7.05. The molecule has 2 aromatic heterocycles. The van der Waals surface area contributed by atoms with Gasteiger partial charge in [-0.05, 0) is 36.4 Å². The highest BCUT2D eigenvalue weighted by Crippen LogP contribution is 2.33. The van der Waals surface area contributed by atoms with Crippen LogP contribution in [0.4, 0.5) is 5.69 Å². The van der Waals surface area contributed by atoms with E-state index in [1.165, 1.54) is 32.9 Å². The Balaban J connectivity index is 1.79. The zero-order valence-corrected chi connectivity index (χ0v) is 21.4. The van der Waals surface area contributed by atoms with Crippen molar-refractivity contribution in [3.63, 3.8) is 0 Å². The Morgan fingerprint density at radius 3 is 2.47 bits per heavy atom. The van der Waals surface area contributed by atoms with E-state index in [0.29, 0.717) is 27.8 Å². The van der Waals surface area contributed by atoms with E-state index >= 15 is 0 Å². The van der Waals surface area contributed by atoms with Gasteiger partial charge in [0.15, 0.2) is 23.0 Å². The van der Waals surface area contributed by atoms with E-state index in [0.717, 1.165) is 16.3 Å². The van der Waals surface area contributed by atoms with Crippen molar-refractivity contribution in [2.45, 2.75) is 5.03 Å². The first-order valence-corrected chi connectivity index (χ1v) is 12.0. The molecule has 12 heteroatoms. The molecule has 0 unspecified atom stereocenters. The quantitative estimate of drug-likeness (QED) is 0.288. The number of nitrogens with one attached hydrogen (secondary N) is 1. The molecule has 0 aliphatic heterocycles. The van der Waals surface area contributed by atoms with Gasteiger partial charge in [0.25, 0.3) is 5.56 Å². The summed E-state index contributed by atoms with van der Waals surface area (Å²) in [5, 5.41) is 3.67. The van der Waals surface area contributed by atoms with Crippen LogP contribution in [0.3, 0.4) is 0 Å². The number of anilines is 1. The van der Waals surface area contributed by atoms with Crippen LogP contribution in [0.2, 0.25) is 5.02 Å². The van der Waals surface area contributed by atoms with Gasteiger partial charge in [-0.15, -0.1) is 0 Å². The molecule has 0 atom stereocenters. The number of fused-ring (bicyclic) bond motifs is 1. The number of benzene rings is 2. The lowest BCUT2D eigenvalue weighted by Crippen LogP contribution is -2.37. The number of hydrogen-bond acceptors (Lipinski definition) is 8. The van der Waals surface area contributed by atoms with Crippen molar-refractivity contribution in [1.29, 1.82) is 0 Å². The SMILES string of the molecule is COc1ccc(-c2nc(SCC(=O)Nc3cccc(Cl)c3)c3c(=O)n(C)c(=O)n(C)c3n2)cc1OC. The maximum absolute atomic E-state index is 13.0. The fourth-order valence-corrected chi connectivity index (χ4v) is 4.54. The van der Waals surface area contributed by atoms with Gasteiger partial charge < -0.3 is 14.8 Å². The molecular formula is C24H22ClN5O5S. The maximum atomic E-state index is 13.0. The lowest BCUT2D eigenvalue weighted by atomic mass is 10.2. The van der Waals surface area contributed by atoms with Crippen molar-refractivity contribution in [1.82, 2.24) is 19.1 Å². The first-order chi connectivity index (χ1) is 17.2. The number of amides is 1. The number of methoxy groups -OCH3 is 2. The highest BCUT2D eigenvalue weighted by molar-refractivity contribution is 8.00. The number of carbonyl (C=O) groups is 1. The molecule has 10 nitrogen and oxygen atoms in total. The van der Waals surface area contributed by atoms with E-state index in [4.69, 9.17) is 21.1 Å². The van der Waals surface area contributed by atoms with Gasteiger partial charge in [-0.3, -0.25) is 18.7 Å². The summed E-state index contributed by atoms with van der Waals surface area (Å²) in [5.41, 5.74) is 0.197. The molecule has 0 aliphatic carbocycles. The predicted molar refractivity (Wildman–Crippen MR) is 139 cm³/mol. The smallest absolute Gasteiger partial charge is 0.332 e. The molecule has 1 N–H and O–H groups in total. The van der Waals surface area contributed by atoms with Gasteiger partial charge in [-0.2, -0.15) is 0 Å². The van der Waals surface area contributed by atoms with E-state index in [2.05, 4.69) is 15.3 Å². The second-order valence-corrected chi connectivity index (χ2v) is 9.07. The largest absolute Gasteiger partial charge is 0.493 e. The van der Waals surface area contributed by atoms with Crippen LogP contribution >= 0.6 is 23.4 Å². The first-order valence-electron chi connectivity index (χ1n) is 10.6. The summed E-state index contributed by atoms with van der Waals surface area (Å²) in [4.78, 5) is 47.4. The molecular weight excluding hydrogens is 506 g/mol. The number of ether oxygens (including phenoxy) is 2. The van der Waals surface area contributed by atoms with Crippen molar-refractivity contribution < 1.29 is 14.3 Å². The lowest BCUT2D eigenvalue weighted by Gasteiger charge is -2.13. The van der Waals surface area contributed by atoms with Crippen LogP contribution in [0.1, 0.15) is 0 Å². The Hall–Kier alpha value is -3.83. The third-order valence-electron chi connectivity index (χ3n) is 5.36. The number of thioether (sulfide) groups is 1. The molecule has 0 spiro atoms. The van der Waals surface area contributed by atoms with Gasteiger partial charge in [0.1, 0.15) is 10.4 Å². The molecule has 4 rings (SSSR count). The number of carbonyl (C=O) groups excluding carboxylic acids is 1. The molecule has 2 aromatic carbocycles.